The zero-order valence-electron chi connectivity index (χ0n) is 7.69. The van der Waals surface area contributed by atoms with Crippen LogP contribution in [0.25, 0.3) is 0 Å². The first kappa shape index (κ1) is 8.44. The molecule has 4 heteroatoms. The van der Waals surface area contributed by atoms with Gasteiger partial charge < -0.3 is 10.0 Å². The van der Waals surface area contributed by atoms with Crippen LogP contribution in [0.4, 0.5) is 0 Å². The normalized spacial score (nSPS) is 29.5. The molecule has 14 heavy (non-hydrogen) atoms. The molecule has 3 heterocycles. The Morgan fingerprint density at radius 2 is 2.50 bits per heavy atom. The number of nitrogens with zero attached hydrogens (tertiary/aromatic N) is 1. The maximum absolute atomic E-state index is 11.9. The monoisotopic (exact) mass is 209 g/mol. The molecule has 3 rings (SSSR count). The number of carbonyl (C=O) groups is 1. The molecule has 1 saturated heterocycles. The van der Waals surface area contributed by atoms with Crippen LogP contribution in [-0.4, -0.2) is 29.1 Å². The number of amides is 1. The number of fused-ring (bicyclic) bond motifs is 3. The first-order valence-corrected chi connectivity index (χ1v) is 5.68. The van der Waals surface area contributed by atoms with Gasteiger partial charge in [0.2, 0.25) is 0 Å². The van der Waals surface area contributed by atoms with Gasteiger partial charge in [0.1, 0.15) is 5.54 Å². The fourth-order valence-corrected chi connectivity index (χ4v) is 3.75. The Balaban J connectivity index is 2.22. The number of hydrogen-bond donors (Lipinski definition) is 1. The SMILES string of the molecule is O=C1c2ccsc2C2(CO)CCCN12. The van der Waals surface area contributed by atoms with Crippen molar-refractivity contribution in [1.82, 2.24) is 4.90 Å². The molecule has 1 fully saturated rings. The van der Waals surface area contributed by atoms with Crippen molar-refractivity contribution >= 4 is 17.2 Å². The highest BCUT2D eigenvalue weighted by molar-refractivity contribution is 7.10. The molecule has 74 valence electrons. The predicted molar refractivity (Wildman–Crippen MR) is 53.4 cm³/mol. The molecule has 1 unspecified atom stereocenters. The fraction of sp³-hybridized carbons (Fsp3) is 0.500. The summed E-state index contributed by atoms with van der Waals surface area (Å²) in [4.78, 5) is 14.8. The zero-order valence-corrected chi connectivity index (χ0v) is 8.51. The van der Waals surface area contributed by atoms with Crippen molar-refractivity contribution in [3.8, 4) is 0 Å². The minimum absolute atomic E-state index is 0.0618. The summed E-state index contributed by atoms with van der Waals surface area (Å²) in [6.07, 6.45) is 1.91. The zero-order chi connectivity index (χ0) is 9.76. The first-order chi connectivity index (χ1) is 6.79. The maximum Gasteiger partial charge on any atom is 0.255 e. The van der Waals surface area contributed by atoms with Crippen molar-refractivity contribution in [3.63, 3.8) is 0 Å². The van der Waals surface area contributed by atoms with Crippen molar-refractivity contribution in [3.05, 3.63) is 21.9 Å². The van der Waals surface area contributed by atoms with Crippen LogP contribution >= 0.6 is 11.3 Å². The van der Waals surface area contributed by atoms with Crippen molar-refractivity contribution in [1.29, 1.82) is 0 Å². The van der Waals surface area contributed by atoms with E-state index in [9.17, 15) is 9.90 Å². The molecule has 0 saturated carbocycles. The number of thiophene rings is 1. The first-order valence-electron chi connectivity index (χ1n) is 4.80. The van der Waals surface area contributed by atoms with Gasteiger partial charge in [-0.15, -0.1) is 11.3 Å². The van der Waals surface area contributed by atoms with E-state index in [0.717, 1.165) is 29.8 Å². The Kier molecular flexibility index (Phi) is 1.56. The van der Waals surface area contributed by atoms with E-state index in [0.29, 0.717) is 0 Å². The standard InChI is InChI=1S/C10H11NO2S/c12-6-10-3-1-4-11(10)9(13)7-2-5-14-8(7)10/h2,5,12H,1,3-4,6H2. The summed E-state index contributed by atoms with van der Waals surface area (Å²) in [5.41, 5.74) is 0.448. The van der Waals surface area contributed by atoms with Crippen LogP contribution in [0, 0.1) is 0 Å². The summed E-state index contributed by atoms with van der Waals surface area (Å²) >= 11 is 1.59. The van der Waals surface area contributed by atoms with E-state index >= 15 is 0 Å². The summed E-state index contributed by atoms with van der Waals surface area (Å²) in [6.45, 7) is 0.854. The van der Waals surface area contributed by atoms with Crippen molar-refractivity contribution in [2.24, 2.45) is 0 Å². The van der Waals surface area contributed by atoms with Crippen LogP contribution in [0.3, 0.4) is 0 Å². The van der Waals surface area contributed by atoms with Gasteiger partial charge in [-0.1, -0.05) is 0 Å². The molecule has 0 aromatic carbocycles. The van der Waals surface area contributed by atoms with Gasteiger partial charge in [0, 0.05) is 11.4 Å². The summed E-state index contributed by atoms with van der Waals surface area (Å²) < 4.78 is 0. The quantitative estimate of drug-likeness (QED) is 0.754. The van der Waals surface area contributed by atoms with Crippen LogP contribution in [0.15, 0.2) is 11.4 Å². The lowest BCUT2D eigenvalue weighted by Crippen LogP contribution is -2.41. The van der Waals surface area contributed by atoms with Gasteiger partial charge in [0.25, 0.3) is 5.91 Å². The molecular formula is C10H11NO2S. The second-order valence-corrected chi connectivity index (χ2v) is 4.83. The number of rotatable bonds is 1. The Morgan fingerprint density at radius 1 is 1.64 bits per heavy atom. The van der Waals surface area contributed by atoms with Crippen LogP contribution in [0.5, 0.6) is 0 Å². The third kappa shape index (κ3) is 0.746. The highest BCUT2D eigenvalue weighted by Crippen LogP contribution is 2.48. The van der Waals surface area contributed by atoms with Crippen LogP contribution in [0.2, 0.25) is 0 Å². The number of aliphatic hydroxyl groups excluding tert-OH is 1. The molecule has 0 aliphatic carbocycles. The fourth-order valence-electron chi connectivity index (χ4n) is 2.63. The third-order valence-electron chi connectivity index (χ3n) is 3.31. The summed E-state index contributed by atoms with van der Waals surface area (Å²) in [7, 11) is 0. The smallest absolute Gasteiger partial charge is 0.255 e. The van der Waals surface area contributed by atoms with Gasteiger partial charge in [0.15, 0.2) is 0 Å². The average molecular weight is 209 g/mol. The number of aliphatic hydroxyl groups is 1. The van der Waals surface area contributed by atoms with E-state index in [1.807, 2.05) is 16.3 Å². The minimum Gasteiger partial charge on any atom is -0.394 e. The van der Waals surface area contributed by atoms with Gasteiger partial charge >= 0.3 is 0 Å². The number of hydrogen-bond acceptors (Lipinski definition) is 3. The summed E-state index contributed by atoms with van der Waals surface area (Å²) in [6, 6.07) is 1.87. The lowest BCUT2D eigenvalue weighted by Gasteiger charge is -2.29. The van der Waals surface area contributed by atoms with Gasteiger partial charge in [0.05, 0.1) is 12.2 Å². The molecule has 1 aromatic rings. The Hall–Kier alpha value is -0.870. The van der Waals surface area contributed by atoms with Crippen molar-refractivity contribution < 1.29 is 9.90 Å². The molecule has 2 aliphatic heterocycles. The molecular weight excluding hydrogens is 198 g/mol. The van der Waals surface area contributed by atoms with Gasteiger partial charge in [-0.25, -0.2) is 0 Å². The summed E-state index contributed by atoms with van der Waals surface area (Å²) in [5, 5.41) is 11.5. The largest absolute Gasteiger partial charge is 0.394 e. The Morgan fingerprint density at radius 3 is 3.29 bits per heavy atom. The third-order valence-corrected chi connectivity index (χ3v) is 4.42. The van der Waals surface area contributed by atoms with Crippen molar-refractivity contribution in [2.75, 3.05) is 13.2 Å². The second kappa shape index (κ2) is 2.58. The Labute approximate surface area is 86.0 Å². The highest BCUT2D eigenvalue weighted by atomic mass is 32.1. The van der Waals surface area contributed by atoms with Crippen molar-refractivity contribution in [2.45, 2.75) is 18.4 Å². The van der Waals surface area contributed by atoms with E-state index in [1.54, 1.807) is 11.3 Å². The van der Waals surface area contributed by atoms with E-state index in [-0.39, 0.29) is 18.1 Å². The highest BCUT2D eigenvalue weighted by Gasteiger charge is 2.52. The molecule has 0 spiro atoms. The Bertz CT molecular complexity index is 401. The van der Waals surface area contributed by atoms with E-state index in [2.05, 4.69) is 0 Å². The van der Waals surface area contributed by atoms with E-state index in [4.69, 9.17) is 0 Å². The maximum atomic E-state index is 11.9. The van der Waals surface area contributed by atoms with Gasteiger partial charge in [-0.3, -0.25) is 4.79 Å². The molecule has 1 aromatic heterocycles. The molecule has 1 atom stereocenters. The van der Waals surface area contributed by atoms with Crippen LogP contribution in [-0.2, 0) is 5.54 Å². The van der Waals surface area contributed by atoms with E-state index in [1.165, 1.54) is 0 Å². The molecule has 1 amide bonds. The van der Waals surface area contributed by atoms with Crippen LogP contribution < -0.4 is 0 Å². The predicted octanol–water partition coefficient (Wildman–Crippen LogP) is 1.19. The van der Waals surface area contributed by atoms with Crippen LogP contribution in [0.1, 0.15) is 28.1 Å². The topological polar surface area (TPSA) is 40.5 Å². The van der Waals surface area contributed by atoms with E-state index < -0.39 is 0 Å². The number of carbonyl (C=O) groups excluding carboxylic acids is 1. The molecule has 0 bridgehead atoms. The summed E-state index contributed by atoms with van der Waals surface area (Å²) in [5.74, 6) is 0.104. The average Bonchev–Trinajstić information content (AvgIpc) is 2.85. The lowest BCUT2D eigenvalue weighted by molar-refractivity contribution is 0.0505. The molecule has 0 radical (unpaired) electrons. The second-order valence-electron chi connectivity index (χ2n) is 3.91. The molecule has 2 aliphatic rings. The lowest BCUT2D eigenvalue weighted by atomic mass is 9.97. The van der Waals surface area contributed by atoms with Gasteiger partial charge in [-0.2, -0.15) is 0 Å². The van der Waals surface area contributed by atoms with Gasteiger partial charge in [-0.05, 0) is 24.3 Å². The molecule has 3 nitrogen and oxygen atoms in total. The molecule has 1 N–H and O–H groups in total. The minimum atomic E-state index is -0.361.